The van der Waals surface area contributed by atoms with Gasteiger partial charge in [0.2, 0.25) is 10.0 Å². The summed E-state index contributed by atoms with van der Waals surface area (Å²) in [5.41, 5.74) is 6.62. The van der Waals surface area contributed by atoms with Gasteiger partial charge in [0, 0.05) is 6.54 Å². The van der Waals surface area contributed by atoms with E-state index < -0.39 is 10.0 Å². The Balaban J connectivity index is 0.00000400. The van der Waals surface area contributed by atoms with E-state index in [-0.39, 0.29) is 28.9 Å². The molecule has 0 aliphatic rings. The molecule has 0 aliphatic carbocycles. The van der Waals surface area contributed by atoms with E-state index in [9.17, 15) is 8.42 Å². The summed E-state index contributed by atoms with van der Waals surface area (Å²) in [7, 11) is -2.00. The highest BCUT2D eigenvalue weighted by atomic mass is 127. The summed E-state index contributed by atoms with van der Waals surface area (Å²) < 4.78 is 25.4. The molecule has 0 aromatic heterocycles. The van der Waals surface area contributed by atoms with Crippen molar-refractivity contribution < 1.29 is 8.42 Å². The lowest BCUT2D eigenvalue weighted by Gasteiger charge is -2.05. The lowest BCUT2D eigenvalue weighted by Crippen LogP contribution is -2.32. The van der Waals surface area contributed by atoms with Crippen molar-refractivity contribution in [1.29, 1.82) is 0 Å². The molecule has 6 nitrogen and oxygen atoms in total. The van der Waals surface area contributed by atoms with Crippen molar-refractivity contribution in [3.05, 3.63) is 29.8 Å². The largest absolute Gasteiger partial charge is 0.370 e. The molecule has 1 aromatic rings. The number of nitrogens with zero attached hydrogens (tertiary/aromatic N) is 1. The van der Waals surface area contributed by atoms with E-state index in [1.165, 1.54) is 7.05 Å². The molecule has 0 radical (unpaired) electrons. The van der Waals surface area contributed by atoms with E-state index in [1.807, 2.05) is 0 Å². The Morgan fingerprint density at radius 2 is 1.90 bits per heavy atom. The number of unbranched alkanes of at least 4 members (excludes halogenated alkanes) is 1. The Hall–Kier alpha value is -0.870. The van der Waals surface area contributed by atoms with Crippen molar-refractivity contribution in [2.45, 2.75) is 31.2 Å². The summed E-state index contributed by atoms with van der Waals surface area (Å²) in [5, 5.41) is 3.02. The molecule has 0 heterocycles. The molecule has 120 valence electrons. The standard InChI is InChI=1S/C13H22N4O2S.HI/c1-3-4-9-16-13(14)17-10-11-5-7-12(8-6-11)20(18,19)15-2;/h5-8,15H,3-4,9-10H2,1-2H3,(H3,14,16,17);1H. The summed E-state index contributed by atoms with van der Waals surface area (Å²) in [6.07, 6.45) is 2.15. The van der Waals surface area contributed by atoms with E-state index in [0.717, 1.165) is 24.9 Å². The highest BCUT2D eigenvalue weighted by Gasteiger charge is 2.09. The molecule has 0 amide bonds. The van der Waals surface area contributed by atoms with Gasteiger partial charge >= 0.3 is 0 Å². The molecule has 0 spiro atoms. The summed E-state index contributed by atoms with van der Waals surface area (Å²) >= 11 is 0. The number of guanidine groups is 1. The van der Waals surface area contributed by atoms with Crippen LogP contribution in [0.1, 0.15) is 25.3 Å². The van der Waals surface area contributed by atoms with Crippen LogP contribution in [0.15, 0.2) is 34.2 Å². The molecule has 0 bridgehead atoms. The van der Waals surface area contributed by atoms with E-state index in [0.29, 0.717) is 12.5 Å². The van der Waals surface area contributed by atoms with E-state index in [4.69, 9.17) is 5.73 Å². The molecule has 0 atom stereocenters. The molecule has 0 aliphatic heterocycles. The van der Waals surface area contributed by atoms with Gasteiger partial charge in [-0.3, -0.25) is 0 Å². The predicted molar refractivity (Wildman–Crippen MR) is 96.3 cm³/mol. The highest BCUT2D eigenvalue weighted by Crippen LogP contribution is 2.10. The van der Waals surface area contributed by atoms with E-state index in [2.05, 4.69) is 22.0 Å². The van der Waals surface area contributed by atoms with Crippen molar-refractivity contribution >= 4 is 40.0 Å². The third kappa shape index (κ3) is 7.09. The first kappa shape index (κ1) is 20.1. The van der Waals surface area contributed by atoms with Crippen LogP contribution in [0.3, 0.4) is 0 Å². The Morgan fingerprint density at radius 1 is 1.29 bits per heavy atom. The van der Waals surface area contributed by atoms with Gasteiger partial charge in [-0.1, -0.05) is 25.5 Å². The average molecular weight is 426 g/mol. The molecule has 8 heteroatoms. The van der Waals surface area contributed by atoms with Crippen molar-refractivity contribution in [1.82, 2.24) is 10.0 Å². The maximum Gasteiger partial charge on any atom is 0.240 e. The lowest BCUT2D eigenvalue weighted by molar-refractivity contribution is 0.588. The summed E-state index contributed by atoms with van der Waals surface area (Å²) in [6.45, 7) is 3.34. The number of nitrogens with two attached hydrogens (primary N) is 1. The monoisotopic (exact) mass is 426 g/mol. The van der Waals surface area contributed by atoms with Crippen LogP contribution in [0.5, 0.6) is 0 Å². The molecule has 0 fully saturated rings. The normalized spacial score (nSPS) is 11.8. The minimum Gasteiger partial charge on any atom is -0.370 e. The van der Waals surface area contributed by atoms with Gasteiger partial charge in [-0.25, -0.2) is 18.1 Å². The number of benzene rings is 1. The molecule has 4 N–H and O–H groups in total. The molecule has 1 rings (SSSR count). The van der Waals surface area contributed by atoms with Crippen LogP contribution in [0.25, 0.3) is 0 Å². The van der Waals surface area contributed by atoms with E-state index >= 15 is 0 Å². The average Bonchev–Trinajstić information content (AvgIpc) is 2.46. The smallest absolute Gasteiger partial charge is 0.240 e. The van der Waals surface area contributed by atoms with Gasteiger partial charge in [-0.05, 0) is 31.2 Å². The minimum atomic E-state index is -3.38. The third-order valence-corrected chi connectivity index (χ3v) is 4.20. The second kappa shape index (κ2) is 9.96. The van der Waals surface area contributed by atoms with Gasteiger partial charge in [-0.15, -0.1) is 24.0 Å². The Labute approximate surface area is 143 Å². The second-order valence-electron chi connectivity index (χ2n) is 4.33. The second-order valence-corrected chi connectivity index (χ2v) is 6.22. The third-order valence-electron chi connectivity index (χ3n) is 2.77. The van der Waals surface area contributed by atoms with Crippen LogP contribution >= 0.6 is 24.0 Å². The van der Waals surface area contributed by atoms with Gasteiger partial charge in [0.05, 0.1) is 11.4 Å². The van der Waals surface area contributed by atoms with Crippen LogP contribution in [-0.2, 0) is 16.6 Å². The Bertz CT molecular complexity index is 544. The van der Waals surface area contributed by atoms with Crippen LogP contribution in [0.4, 0.5) is 0 Å². The summed E-state index contributed by atoms with van der Waals surface area (Å²) in [5.74, 6) is 0.408. The van der Waals surface area contributed by atoms with Crippen molar-refractivity contribution in [2.24, 2.45) is 10.7 Å². The Kier molecular flexibility index (Phi) is 9.54. The molecular formula is C13H23IN4O2S. The molecule has 0 saturated carbocycles. The van der Waals surface area contributed by atoms with Gasteiger partial charge < -0.3 is 11.1 Å². The maximum atomic E-state index is 11.6. The van der Waals surface area contributed by atoms with Crippen molar-refractivity contribution in [3.63, 3.8) is 0 Å². The van der Waals surface area contributed by atoms with E-state index in [1.54, 1.807) is 24.3 Å². The van der Waals surface area contributed by atoms with Crippen LogP contribution in [0.2, 0.25) is 0 Å². The number of hydrogen-bond acceptors (Lipinski definition) is 3. The number of rotatable bonds is 7. The molecule has 0 saturated heterocycles. The number of halogens is 1. The zero-order valence-electron chi connectivity index (χ0n) is 12.3. The fourth-order valence-corrected chi connectivity index (χ4v) is 2.25. The van der Waals surface area contributed by atoms with Crippen molar-refractivity contribution in [2.75, 3.05) is 13.6 Å². The van der Waals surface area contributed by atoms with Gasteiger partial charge in [0.25, 0.3) is 0 Å². The zero-order valence-corrected chi connectivity index (χ0v) is 15.4. The molecule has 1 aromatic carbocycles. The number of nitrogens with one attached hydrogen (secondary N) is 2. The lowest BCUT2D eigenvalue weighted by atomic mass is 10.2. The van der Waals surface area contributed by atoms with Gasteiger partial charge in [-0.2, -0.15) is 0 Å². The number of aliphatic imine (C=N–C) groups is 1. The Morgan fingerprint density at radius 3 is 2.43 bits per heavy atom. The minimum absolute atomic E-state index is 0. The summed E-state index contributed by atoms with van der Waals surface area (Å²) in [6, 6.07) is 6.56. The predicted octanol–water partition coefficient (Wildman–Crippen LogP) is 1.42. The van der Waals surface area contributed by atoms with Crippen LogP contribution in [0, 0.1) is 0 Å². The SMILES string of the molecule is CCCCNC(N)=NCc1ccc(S(=O)(=O)NC)cc1.I. The highest BCUT2D eigenvalue weighted by molar-refractivity contribution is 14.0. The van der Waals surface area contributed by atoms with Crippen LogP contribution < -0.4 is 15.8 Å². The topological polar surface area (TPSA) is 96.6 Å². The van der Waals surface area contributed by atoms with Gasteiger partial charge in [0.1, 0.15) is 0 Å². The fraction of sp³-hybridized carbons (Fsp3) is 0.462. The van der Waals surface area contributed by atoms with Crippen molar-refractivity contribution in [3.8, 4) is 0 Å². The first-order chi connectivity index (χ1) is 9.49. The van der Waals surface area contributed by atoms with Gasteiger partial charge in [0.15, 0.2) is 5.96 Å². The molecular weight excluding hydrogens is 403 g/mol. The quantitative estimate of drug-likeness (QED) is 0.266. The first-order valence-electron chi connectivity index (χ1n) is 6.56. The number of sulfonamides is 1. The first-order valence-corrected chi connectivity index (χ1v) is 8.04. The fourth-order valence-electron chi connectivity index (χ4n) is 1.52. The molecule has 0 unspecified atom stereocenters. The zero-order chi connectivity index (χ0) is 15.0. The summed E-state index contributed by atoms with van der Waals surface area (Å²) in [4.78, 5) is 4.43. The maximum absolute atomic E-state index is 11.6. The number of hydrogen-bond donors (Lipinski definition) is 3. The van der Waals surface area contributed by atoms with Crippen LogP contribution in [-0.4, -0.2) is 28.0 Å². The molecule has 21 heavy (non-hydrogen) atoms.